The van der Waals surface area contributed by atoms with E-state index in [1.165, 1.54) is 0 Å². The van der Waals surface area contributed by atoms with Crippen LogP contribution in [0, 0.1) is 12.3 Å². The van der Waals surface area contributed by atoms with Gasteiger partial charge in [0.2, 0.25) is 10.0 Å². The van der Waals surface area contributed by atoms with Crippen LogP contribution in [-0.4, -0.2) is 30.9 Å². The van der Waals surface area contributed by atoms with Gasteiger partial charge in [0, 0.05) is 13.1 Å². The number of piperidine rings is 1. The van der Waals surface area contributed by atoms with Crippen molar-refractivity contribution < 1.29 is 13.5 Å². The molecule has 112 valence electrons. The van der Waals surface area contributed by atoms with Gasteiger partial charge in [-0.25, -0.2) is 8.42 Å². The standard InChI is InChI=1S/C15H23NO3S/c1-12-4-5-14(10-13(12)11-17)20(18,19)16-8-6-15(2,3)7-9-16/h4-5,10,17H,6-9,11H2,1-3H3. The lowest BCUT2D eigenvalue weighted by molar-refractivity contribution is 0.196. The van der Waals surface area contributed by atoms with Crippen LogP contribution in [0.3, 0.4) is 0 Å². The molecule has 4 nitrogen and oxygen atoms in total. The van der Waals surface area contributed by atoms with Gasteiger partial charge in [-0.3, -0.25) is 0 Å². The summed E-state index contributed by atoms with van der Waals surface area (Å²) in [6.07, 6.45) is 1.76. The Bertz CT molecular complexity index is 583. The second kappa shape index (κ2) is 5.47. The Morgan fingerprint density at radius 1 is 1.25 bits per heavy atom. The van der Waals surface area contributed by atoms with Gasteiger partial charge in [0.05, 0.1) is 11.5 Å². The molecule has 0 saturated carbocycles. The molecule has 0 radical (unpaired) electrons. The van der Waals surface area contributed by atoms with Gasteiger partial charge in [-0.05, 0) is 48.4 Å². The van der Waals surface area contributed by atoms with Crippen LogP contribution < -0.4 is 0 Å². The molecule has 1 saturated heterocycles. The average Bonchev–Trinajstić information content (AvgIpc) is 2.38. The summed E-state index contributed by atoms with van der Waals surface area (Å²) in [5.41, 5.74) is 1.80. The van der Waals surface area contributed by atoms with E-state index in [0.717, 1.165) is 18.4 Å². The molecule has 1 heterocycles. The Labute approximate surface area is 121 Å². The predicted octanol–water partition coefficient (Wildman–Crippen LogP) is 2.30. The first-order valence-electron chi connectivity index (χ1n) is 6.97. The van der Waals surface area contributed by atoms with Gasteiger partial charge < -0.3 is 5.11 Å². The van der Waals surface area contributed by atoms with Crippen molar-refractivity contribution in [2.45, 2.75) is 45.1 Å². The molecule has 1 aromatic rings. The van der Waals surface area contributed by atoms with Gasteiger partial charge in [-0.2, -0.15) is 4.31 Å². The number of aliphatic hydroxyl groups excluding tert-OH is 1. The molecular formula is C15H23NO3S. The van der Waals surface area contributed by atoms with Crippen LogP contribution >= 0.6 is 0 Å². The van der Waals surface area contributed by atoms with Gasteiger partial charge in [0.15, 0.2) is 0 Å². The van der Waals surface area contributed by atoms with Crippen molar-refractivity contribution in [1.29, 1.82) is 0 Å². The highest BCUT2D eigenvalue weighted by Gasteiger charge is 2.32. The van der Waals surface area contributed by atoms with E-state index in [-0.39, 0.29) is 16.9 Å². The third kappa shape index (κ3) is 3.05. The number of sulfonamides is 1. The molecule has 2 rings (SSSR count). The average molecular weight is 297 g/mol. The van der Waals surface area contributed by atoms with Crippen molar-refractivity contribution in [2.75, 3.05) is 13.1 Å². The van der Waals surface area contributed by atoms with Crippen LogP contribution in [0.2, 0.25) is 0 Å². The van der Waals surface area contributed by atoms with Crippen molar-refractivity contribution in [3.8, 4) is 0 Å². The maximum atomic E-state index is 12.6. The Morgan fingerprint density at radius 2 is 1.85 bits per heavy atom. The van der Waals surface area contributed by atoms with E-state index in [1.807, 2.05) is 6.92 Å². The summed E-state index contributed by atoms with van der Waals surface area (Å²) >= 11 is 0. The predicted molar refractivity (Wildman–Crippen MR) is 78.9 cm³/mol. The summed E-state index contributed by atoms with van der Waals surface area (Å²) in [6, 6.07) is 4.97. The Morgan fingerprint density at radius 3 is 2.40 bits per heavy atom. The van der Waals surface area contributed by atoms with E-state index < -0.39 is 10.0 Å². The zero-order valence-corrected chi connectivity index (χ0v) is 13.2. The van der Waals surface area contributed by atoms with E-state index in [2.05, 4.69) is 13.8 Å². The second-order valence-corrected chi connectivity index (χ2v) is 8.25. The molecule has 0 amide bonds. The lowest BCUT2D eigenvalue weighted by Crippen LogP contribution is -2.41. The number of rotatable bonds is 3. The van der Waals surface area contributed by atoms with Crippen LogP contribution in [0.1, 0.15) is 37.8 Å². The number of aryl methyl sites for hydroxylation is 1. The molecule has 0 bridgehead atoms. The minimum atomic E-state index is -3.44. The number of benzene rings is 1. The van der Waals surface area contributed by atoms with Crippen molar-refractivity contribution >= 4 is 10.0 Å². The first-order chi connectivity index (χ1) is 9.26. The van der Waals surface area contributed by atoms with Gasteiger partial charge in [0.1, 0.15) is 0 Å². The minimum absolute atomic E-state index is 0.137. The molecule has 0 aromatic heterocycles. The molecule has 1 aliphatic heterocycles. The van der Waals surface area contributed by atoms with Crippen molar-refractivity contribution in [2.24, 2.45) is 5.41 Å². The molecule has 0 spiro atoms. The van der Waals surface area contributed by atoms with E-state index in [1.54, 1.807) is 22.5 Å². The van der Waals surface area contributed by atoms with Crippen LogP contribution in [-0.2, 0) is 16.6 Å². The fourth-order valence-corrected chi connectivity index (χ4v) is 3.95. The molecule has 20 heavy (non-hydrogen) atoms. The monoisotopic (exact) mass is 297 g/mol. The summed E-state index contributed by atoms with van der Waals surface area (Å²) < 4.78 is 26.8. The molecule has 1 aliphatic rings. The lowest BCUT2D eigenvalue weighted by atomic mass is 9.83. The van der Waals surface area contributed by atoms with Crippen molar-refractivity contribution in [1.82, 2.24) is 4.31 Å². The number of nitrogens with zero attached hydrogens (tertiary/aromatic N) is 1. The molecule has 0 aliphatic carbocycles. The quantitative estimate of drug-likeness (QED) is 0.931. The molecule has 1 fully saturated rings. The normalized spacial score (nSPS) is 20.0. The fourth-order valence-electron chi connectivity index (χ4n) is 2.46. The highest BCUT2D eigenvalue weighted by atomic mass is 32.2. The van der Waals surface area contributed by atoms with E-state index in [0.29, 0.717) is 18.7 Å². The summed E-state index contributed by atoms with van der Waals surface area (Å²) in [7, 11) is -3.44. The first-order valence-corrected chi connectivity index (χ1v) is 8.41. The summed E-state index contributed by atoms with van der Waals surface area (Å²) in [4.78, 5) is 0.284. The summed E-state index contributed by atoms with van der Waals surface area (Å²) in [5.74, 6) is 0. The van der Waals surface area contributed by atoms with E-state index >= 15 is 0 Å². The largest absolute Gasteiger partial charge is 0.392 e. The highest BCUT2D eigenvalue weighted by Crippen LogP contribution is 2.32. The second-order valence-electron chi connectivity index (χ2n) is 6.31. The minimum Gasteiger partial charge on any atom is -0.392 e. The van der Waals surface area contributed by atoms with Gasteiger partial charge in [0.25, 0.3) is 0 Å². The van der Waals surface area contributed by atoms with Crippen LogP contribution in [0.25, 0.3) is 0 Å². The summed E-state index contributed by atoms with van der Waals surface area (Å²) in [6.45, 7) is 7.21. The third-order valence-electron chi connectivity index (χ3n) is 4.20. The van der Waals surface area contributed by atoms with Gasteiger partial charge >= 0.3 is 0 Å². The zero-order chi connectivity index (χ0) is 15.0. The Balaban J connectivity index is 2.27. The van der Waals surface area contributed by atoms with Gasteiger partial charge in [-0.1, -0.05) is 19.9 Å². The molecule has 0 atom stereocenters. The van der Waals surface area contributed by atoms with E-state index in [4.69, 9.17) is 0 Å². The topological polar surface area (TPSA) is 57.6 Å². The molecule has 1 aromatic carbocycles. The first kappa shape index (κ1) is 15.5. The zero-order valence-electron chi connectivity index (χ0n) is 12.4. The van der Waals surface area contributed by atoms with Crippen molar-refractivity contribution in [3.05, 3.63) is 29.3 Å². The third-order valence-corrected chi connectivity index (χ3v) is 6.10. The van der Waals surface area contributed by atoms with Gasteiger partial charge in [-0.15, -0.1) is 0 Å². The van der Waals surface area contributed by atoms with Crippen LogP contribution in [0.5, 0.6) is 0 Å². The molecular weight excluding hydrogens is 274 g/mol. The Hall–Kier alpha value is -0.910. The van der Waals surface area contributed by atoms with Crippen molar-refractivity contribution in [3.63, 3.8) is 0 Å². The number of hydrogen-bond acceptors (Lipinski definition) is 3. The Kier molecular flexibility index (Phi) is 4.23. The maximum Gasteiger partial charge on any atom is 0.243 e. The smallest absolute Gasteiger partial charge is 0.243 e. The van der Waals surface area contributed by atoms with Crippen LogP contribution in [0.15, 0.2) is 23.1 Å². The maximum absolute atomic E-state index is 12.6. The highest BCUT2D eigenvalue weighted by molar-refractivity contribution is 7.89. The lowest BCUT2D eigenvalue weighted by Gasteiger charge is -2.36. The molecule has 0 unspecified atom stereocenters. The number of hydrogen-bond donors (Lipinski definition) is 1. The molecule has 1 N–H and O–H groups in total. The number of aliphatic hydroxyl groups is 1. The van der Waals surface area contributed by atoms with E-state index in [9.17, 15) is 13.5 Å². The SMILES string of the molecule is Cc1ccc(S(=O)(=O)N2CCC(C)(C)CC2)cc1CO. The molecule has 5 heteroatoms. The summed E-state index contributed by atoms with van der Waals surface area (Å²) in [5, 5.41) is 9.28. The fraction of sp³-hybridized carbons (Fsp3) is 0.600. The van der Waals surface area contributed by atoms with Crippen LogP contribution in [0.4, 0.5) is 0 Å².